The Kier molecular flexibility index (Phi) is 5.00. The summed E-state index contributed by atoms with van der Waals surface area (Å²) in [4.78, 5) is 24.1. The fourth-order valence-electron chi connectivity index (χ4n) is 4.83. The molecule has 2 fully saturated rings. The maximum absolute atomic E-state index is 13.0. The standard InChI is InChI=1S/C24H21F3N8O/c1-12(14-4-7-19(29-9-14)24(25,26)27)35-22-20(17(8-28)33-35)23(36)32-21(31-22)16-5-6-18(16)34-11-15(10-30-34)13-2-3-13/h4,7,9-13,16,18H,2-3,5-6H2,1H3,(H,31,32,36)/t12-,16-,18-/m1/s1. The lowest BCUT2D eigenvalue weighted by molar-refractivity contribution is -0.141. The van der Waals surface area contributed by atoms with Crippen molar-refractivity contribution in [3.05, 3.63) is 69.4 Å². The van der Waals surface area contributed by atoms with Gasteiger partial charge in [-0.1, -0.05) is 6.07 Å². The van der Waals surface area contributed by atoms with Crippen molar-refractivity contribution >= 4 is 11.0 Å². The van der Waals surface area contributed by atoms with Gasteiger partial charge in [0.05, 0.1) is 18.3 Å². The van der Waals surface area contributed by atoms with Crippen molar-refractivity contribution in [1.29, 1.82) is 5.26 Å². The molecule has 2 aliphatic carbocycles. The Morgan fingerprint density at radius 1 is 1.19 bits per heavy atom. The van der Waals surface area contributed by atoms with E-state index in [0.29, 0.717) is 17.3 Å². The summed E-state index contributed by atoms with van der Waals surface area (Å²) < 4.78 is 42.1. The van der Waals surface area contributed by atoms with Gasteiger partial charge in [-0.05, 0) is 55.7 Å². The molecule has 0 saturated heterocycles. The Morgan fingerprint density at radius 3 is 2.61 bits per heavy atom. The Hall–Kier alpha value is -4.01. The van der Waals surface area contributed by atoms with Crippen LogP contribution in [0, 0.1) is 11.3 Å². The lowest BCUT2D eigenvalue weighted by atomic mass is 9.79. The van der Waals surface area contributed by atoms with Crippen LogP contribution in [-0.2, 0) is 6.18 Å². The lowest BCUT2D eigenvalue weighted by Crippen LogP contribution is -2.30. The topological polar surface area (TPSA) is 118 Å². The summed E-state index contributed by atoms with van der Waals surface area (Å²) >= 11 is 0. The van der Waals surface area contributed by atoms with Crippen molar-refractivity contribution in [2.75, 3.05) is 0 Å². The van der Waals surface area contributed by atoms with E-state index in [9.17, 15) is 23.2 Å². The summed E-state index contributed by atoms with van der Waals surface area (Å²) in [5, 5.41) is 18.4. The molecule has 3 atom stereocenters. The van der Waals surface area contributed by atoms with Crippen molar-refractivity contribution in [2.24, 2.45) is 0 Å². The van der Waals surface area contributed by atoms with Crippen LogP contribution in [0.1, 0.15) is 84.9 Å². The van der Waals surface area contributed by atoms with Gasteiger partial charge >= 0.3 is 6.18 Å². The molecule has 1 N–H and O–H groups in total. The molecule has 4 aromatic heterocycles. The van der Waals surface area contributed by atoms with E-state index in [0.717, 1.165) is 25.1 Å². The third kappa shape index (κ3) is 3.66. The van der Waals surface area contributed by atoms with Gasteiger partial charge in [-0.3, -0.25) is 14.5 Å². The Balaban J connectivity index is 1.38. The Labute approximate surface area is 202 Å². The van der Waals surface area contributed by atoms with Crippen LogP contribution in [0.2, 0.25) is 0 Å². The van der Waals surface area contributed by atoms with Crippen LogP contribution in [0.15, 0.2) is 35.5 Å². The first-order valence-corrected chi connectivity index (χ1v) is 11.7. The predicted octanol–water partition coefficient (Wildman–Crippen LogP) is 4.21. The first kappa shape index (κ1) is 22.5. The van der Waals surface area contributed by atoms with Crippen molar-refractivity contribution in [1.82, 2.24) is 34.5 Å². The average Bonchev–Trinajstić information content (AvgIpc) is 3.45. The highest BCUT2D eigenvalue weighted by molar-refractivity contribution is 5.80. The van der Waals surface area contributed by atoms with E-state index in [1.165, 1.54) is 29.2 Å². The van der Waals surface area contributed by atoms with E-state index in [1.54, 1.807) is 6.92 Å². The van der Waals surface area contributed by atoms with Crippen LogP contribution in [0.4, 0.5) is 13.2 Å². The number of nitrogens with zero attached hydrogens (tertiary/aromatic N) is 7. The molecule has 36 heavy (non-hydrogen) atoms. The number of hydrogen-bond acceptors (Lipinski definition) is 6. The molecule has 0 radical (unpaired) electrons. The summed E-state index contributed by atoms with van der Waals surface area (Å²) in [6, 6.07) is 3.58. The lowest BCUT2D eigenvalue weighted by Gasteiger charge is -2.35. The summed E-state index contributed by atoms with van der Waals surface area (Å²) in [5.74, 6) is 1.01. The number of pyridine rings is 1. The van der Waals surface area contributed by atoms with Gasteiger partial charge in [0.2, 0.25) is 0 Å². The number of alkyl halides is 3. The molecule has 9 nitrogen and oxygen atoms in total. The van der Waals surface area contributed by atoms with Crippen LogP contribution >= 0.6 is 0 Å². The molecule has 4 heterocycles. The molecule has 0 spiro atoms. The van der Waals surface area contributed by atoms with E-state index < -0.39 is 23.5 Å². The number of nitrogens with one attached hydrogen (secondary N) is 1. The molecule has 0 aliphatic heterocycles. The Bertz CT molecular complexity index is 1560. The zero-order valence-corrected chi connectivity index (χ0v) is 19.2. The van der Waals surface area contributed by atoms with Crippen molar-refractivity contribution in [2.45, 2.75) is 62.7 Å². The highest BCUT2D eigenvalue weighted by Crippen LogP contribution is 2.46. The minimum Gasteiger partial charge on any atom is -0.309 e. The highest BCUT2D eigenvalue weighted by atomic mass is 19.4. The van der Waals surface area contributed by atoms with E-state index in [1.807, 2.05) is 16.9 Å². The van der Waals surface area contributed by atoms with Gasteiger partial charge in [-0.15, -0.1) is 0 Å². The number of nitriles is 1. The summed E-state index contributed by atoms with van der Waals surface area (Å²) in [6.07, 6.45) is 4.63. The van der Waals surface area contributed by atoms with Gasteiger partial charge < -0.3 is 4.98 Å². The fraction of sp³-hybridized carbons (Fsp3) is 0.417. The summed E-state index contributed by atoms with van der Waals surface area (Å²) in [5.41, 5.74) is 0.309. The van der Waals surface area contributed by atoms with Crippen molar-refractivity contribution in [3.63, 3.8) is 0 Å². The second-order valence-corrected chi connectivity index (χ2v) is 9.48. The van der Waals surface area contributed by atoms with Crippen LogP contribution < -0.4 is 5.56 Å². The number of H-pyrrole nitrogens is 1. The minimum absolute atomic E-state index is 0.0546. The second kappa shape index (κ2) is 8.01. The quantitative estimate of drug-likeness (QED) is 0.444. The fourth-order valence-corrected chi connectivity index (χ4v) is 4.83. The third-order valence-electron chi connectivity index (χ3n) is 7.21. The molecule has 4 aromatic rings. The van der Waals surface area contributed by atoms with Gasteiger partial charge in [0.1, 0.15) is 23.0 Å². The zero-order valence-electron chi connectivity index (χ0n) is 19.2. The molecular formula is C24H21F3N8O. The number of fused-ring (bicyclic) bond motifs is 1. The largest absolute Gasteiger partial charge is 0.433 e. The average molecular weight is 494 g/mol. The van der Waals surface area contributed by atoms with Gasteiger partial charge in [-0.25, -0.2) is 9.67 Å². The summed E-state index contributed by atoms with van der Waals surface area (Å²) in [6.45, 7) is 1.70. The molecular weight excluding hydrogens is 473 g/mol. The molecule has 6 rings (SSSR count). The molecule has 184 valence electrons. The minimum atomic E-state index is -4.55. The molecule has 0 amide bonds. The van der Waals surface area contributed by atoms with Gasteiger partial charge in [-0.2, -0.15) is 28.6 Å². The smallest absolute Gasteiger partial charge is 0.309 e. The number of halogens is 3. The van der Waals surface area contributed by atoms with Crippen molar-refractivity contribution in [3.8, 4) is 6.07 Å². The highest BCUT2D eigenvalue weighted by Gasteiger charge is 2.38. The van der Waals surface area contributed by atoms with E-state index in [-0.39, 0.29) is 28.7 Å². The Morgan fingerprint density at radius 2 is 2.00 bits per heavy atom. The van der Waals surface area contributed by atoms with Crippen LogP contribution in [0.3, 0.4) is 0 Å². The van der Waals surface area contributed by atoms with E-state index in [2.05, 4.69) is 26.4 Å². The molecule has 0 aromatic carbocycles. The second-order valence-electron chi connectivity index (χ2n) is 9.48. The van der Waals surface area contributed by atoms with Crippen LogP contribution in [0.25, 0.3) is 11.0 Å². The van der Waals surface area contributed by atoms with Crippen molar-refractivity contribution < 1.29 is 13.2 Å². The van der Waals surface area contributed by atoms with Crippen LogP contribution in [0.5, 0.6) is 0 Å². The normalized spacial score (nSPS) is 20.8. The first-order valence-electron chi connectivity index (χ1n) is 11.7. The molecule has 2 saturated carbocycles. The van der Waals surface area contributed by atoms with Gasteiger partial charge in [0.15, 0.2) is 11.3 Å². The van der Waals surface area contributed by atoms with Gasteiger partial charge in [0.25, 0.3) is 5.56 Å². The zero-order chi connectivity index (χ0) is 25.2. The van der Waals surface area contributed by atoms with E-state index >= 15 is 0 Å². The first-order chi connectivity index (χ1) is 17.2. The SMILES string of the molecule is C[C@H](c1ccc(C(F)(F)F)nc1)n1nc(C#N)c2c(=O)[nH]c([C@@H]3CC[C@H]3n3cc(C4CC4)cn3)nc21. The molecule has 2 aliphatic rings. The number of hydrogen-bond donors (Lipinski definition) is 1. The maximum atomic E-state index is 13.0. The maximum Gasteiger partial charge on any atom is 0.433 e. The number of rotatable bonds is 5. The molecule has 12 heteroatoms. The van der Waals surface area contributed by atoms with E-state index in [4.69, 9.17) is 4.98 Å². The van der Waals surface area contributed by atoms with Gasteiger partial charge in [0, 0.05) is 18.3 Å². The predicted molar refractivity (Wildman–Crippen MR) is 121 cm³/mol. The third-order valence-corrected chi connectivity index (χ3v) is 7.21. The monoisotopic (exact) mass is 494 g/mol. The molecule has 0 unspecified atom stereocenters. The number of aromatic amines is 1. The molecule has 0 bridgehead atoms. The summed E-state index contributed by atoms with van der Waals surface area (Å²) in [7, 11) is 0. The number of aromatic nitrogens is 7. The van der Waals surface area contributed by atoms with Crippen LogP contribution in [-0.4, -0.2) is 34.5 Å².